The predicted molar refractivity (Wildman–Crippen MR) is 110 cm³/mol. The number of ether oxygens (including phenoxy) is 1. The molecule has 6 nitrogen and oxygen atoms in total. The summed E-state index contributed by atoms with van der Waals surface area (Å²) in [6.07, 6.45) is 5.49. The second-order valence-corrected chi connectivity index (χ2v) is 7.24. The quantitative estimate of drug-likeness (QED) is 0.640. The summed E-state index contributed by atoms with van der Waals surface area (Å²) in [5, 5.41) is 11.7. The highest BCUT2D eigenvalue weighted by Gasteiger charge is 2.24. The maximum atomic E-state index is 6.51. The zero-order valence-corrected chi connectivity index (χ0v) is 16.4. The first kappa shape index (κ1) is 19.1. The third-order valence-electron chi connectivity index (χ3n) is 5.07. The van der Waals surface area contributed by atoms with Gasteiger partial charge < -0.3 is 10.1 Å². The van der Waals surface area contributed by atoms with Crippen LogP contribution in [0.5, 0.6) is 0 Å². The number of aromatic nitrogens is 3. The molecule has 2 N–H and O–H groups in total. The van der Waals surface area contributed by atoms with E-state index in [1.54, 1.807) is 6.20 Å². The second kappa shape index (κ2) is 9.30. The first-order chi connectivity index (χ1) is 13.8. The average Bonchev–Trinajstić information content (AvgIpc) is 3.22. The molecule has 1 atom stereocenters. The zero-order chi connectivity index (χ0) is 19.2. The second-order valence-electron chi connectivity index (χ2n) is 6.83. The van der Waals surface area contributed by atoms with Crippen molar-refractivity contribution in [3.8, 4) is 11.3 Å². The van der Waals surface area contributed by atoms with E-state index in [1.807, 2.05) is 42.7 Å². The van der Waals surface area contributed by atoms with E-state index in [4.69, 9.17) is 16.3 Å². The van der Waals surface area contributed by atoms with E-state index in [-0.39, 0.29) is 6.04 Å². The summed E-state index contributed by atoms with van der Waals surface area (Å²) in [6, 6.07) is 12.3. The van der Waals surface area contributed by atoms with Crippen LogP contribution in [0.2, 0.25) is 5.02 Å². The predicted octanol–water partition coefficient (Wildman–Crippen LogP) is 3.29. The van der Waals surface area contributed by atoms with Crippen molar-refractivity contribution in [3.05, 3.63) is 71.1 Å². The van der Waals surface area contributed by atoms with E-state index in [1.165, 1.54) is 0 Å². The fourth-order valence-corrected chi connectivity index (χ4v) is 3.88. The normalized spacial score (nSPS) is 16.2. The lowest BCUT2D eigenvalue weighted by Crippen LogP contribution is -2.42. The molecule has 1 aliphatic rings. The molecule has 3 heterocycles. The summed E-state index contributed by atoms with van der Waals surface area (Å²) >= 11 is 6.51. The molecule has 1 unspecified atom stereocenters. The molecule has 1 saturated heterocycles. The fraction of sp³-hybridized carbons (Fsp3) is 0.333. The number of nitrogens with one attached hydrogen (secondary N) is 2. The highest BCUT2D eigenvalue weighted by molar-refractivity contribution is 6.31. The topological polar surface area (TPSA) is 66.1 Å². The molecular formula is C21H24ClN5O. The van der Waals surface area contributed by atoms with E-state index in [9.17, 15) is 0 Å². The number of H-pyrrole nitrogens is 1. The first-order valence-electron chi connectivity index (χ1n) is 9.52. The molecule has 2 aromatic heterocycles. The number of benzene rings is 1. The summed E-state index contributed by atoms with van der Waals surface area (Å²) < 4.78 is 5.53. The molecule has 0 bridgehead atoms. The third-order valence-corrected chi connectivity index (χ3v) is 5.42. The molecule has 7 heteroatoms. The molecular weight excluding hydrogens is 374 g/mol. The van der Waals surface area contributed by atoms with Gasteiger partial charge in [0.15, 0.2) is 0 Å². The first-order valence-corrected chi connectivity index (χ1v) is 9.90. The molecule has 0 radical (unpaired) electrons. The van der Waals surface area contributed by atoms with Crippen LogP contribution in [-0.4, -0.2) is 52.9 Å². The maximum absolute atomic E-state index is 6.51. The number of aromatic amines is 1. The van der Waals surface area contributed by atoms with Gasteiger partial charge in [-0.1, -0.05) is 29.8 Å². The van der Waals surface area contributed by atoms with Gasteiger partial charge in [-0.05, 0) is 23.8 Å². The number of hydrogen-bond acceptors (Lipinski definition) is 5. The van der Waals surface area contributed by atoms with Gasteiger partial charge in [-0.2, -0.15) is 5.10 Å². The van der Waals surface area contributed by atoms with Gasteiger partial charge in [-0.25, -0.2) is 0 Å². The molecule has 0 amide bonds. The Morgan fingerprint density at radius 2 is 2.00 bits per heavy atom. The van der Waals surface area contributed by atoms with E-state index in [0.29, 0.717) is 6.54 Å². The molecule has 0 spiro atoms. The van der Waals surface area contributed by atoms with Gasteiger partial charge in [0.2, 0.25) is 0 Å². The zero-order valence-electron chi connectivity index (χ0n) is 15.6. The van der Waals surface area contributed by atoms with Crippen LogP contribution >= 0.6 is 11.6 Å². The summed E-state index contributed by atoms with van der Waals surface area (Å²) in [5.74, 6) is 0. The molecule has 4 rings (SSSR count). The number of nitrogens with zero attached hydrogens (tertiary/aromatic N) is 3. The Hall–Kier alpha value is -2.25. The molecule has 146 valence electrons. The Morgan fingerprint density at radius 3 is 2.79 bits per heavy atom. The van der Waals surface area contributed by atoms with Gasteiger partial charge in [0.1, 0.15) is 0 Å². The Bertz CT molecular complexity index is 879. The Morgan fingerprint density at radius 1 is 1.14 bits per heavy atom. The third kappa shape index (κ3) is 4.42. The van der Waals surface area contributed by atoms with Crippen LogP contribution in [0.4, 0.5) is 0 Å². The van der Waals surface area contributed by atoms with Crippen LogP contribution in [0.1, 0.15) is 17.2 Å². The average molecular weight is 398 g/mol. The van der Waals surface area contributed by atoms with Gasteiger partial charge in [-0.3, -0.25) is 15.0 Å². The van der Waals surface area contributed by atoms with Crippen molar-refractivity contribution in [2.24, 2.45) is 0 Å². The van der Waals surface area contributed by atoms with Crippen molar-refractivity contribution in [2.75, 3.05) is 32.8 Å². The van der Waals surface area contributed by atoms with Crippen LogP contribution in [0.25, 0.3) is 11.3 Å². The largest absolute Gasteiger partial charge is 0.379 e. The standard InChI is InChI=1S/C21H24ClN5O/c22-19-6-2-1-5-18(19)20(27-8-10-28-11-9-27)15-24-13-17-14-25-26-21(17)16-4-3-7-23-12-16/h1-7,12,14,20,24H,8-11,13,15H2,(H,25,26). The Balaban J connectivity index is 1.47. The Kier molecular flexibility index (Phi) is 6.34. The van der Waals surface area contributed by atoms with Crippen molar-refractivity contribution in [2.45, 2.75) is 12.6 Å². The smallest absolute Gasteiger partial charge is 0.0710 e. The minimum Gasteiger partial charge on any atom is -0.379 e. The molecule has 0 saturated carbocycles. The summed E-state index contributed by atoms with van der Waals surface area (Å²) in [7, 11) is 0. The molecule has 28 heavy (non-hydrogen) atoms. The SMILES string of the molecule is Clc1ccccc1C(CNCc1cn[nH]c1-c1cccnc1)N1CCOCC1. The lowest BCUT2D eigenvalue weighted by atomic mass is 10.0. The van der Waals surface area contributed by atoms with Gasteiger partial charge >= 0.3 is 0 Å². The van der Waals surface area contributed by atoms with Gasteiger partial charge in [0.25, 0.3) is 0 Å². The van der Waals surface area contributed by atoms with E-state index >= 15 is 0 Å². The molecule has 3 aromatic rings. The lowest BCUT2D eigenvalue weighted by molar-refractivity contribution is 0.0161. The van der Waals surface area contributed by atoms with Crippen molar-refractivity contribution in [1.29, 1.82) is 0 Å². The molecule has 1 aliphatic heterocycles. The number of hydrogen-bond donors (Lipinski definition) is 2. The van der Waals surface area contributed by atoms with Crippen molar-refractivity contribution >= 4 is 11.6 Å². The summed E-state index contributed by atoms with van der Waals surface area (Å²) in [5.41, 5.74) is 4.31. The van der Waals surface area contributed by atoms with Crippen LogP contribution < -0.4 is 5.32 Å². The number of morpholine rings is 1. The van der Waals surface area contributed by atoms with Crippen LogP contribution in [0.3, 0.4) is 0 Å². The minimum atomic E-state index is 0.200. The number of pyridine rings is 1. The summed E-state index contributed by atoms with van der Waals surface area (Å²) in [4.78, 5) is 6.64. The van der Waals surface area contributed by atoms with Crippen LogP contribution in [0, 0.1) is 0 Å². The molecule has 0 aliphatic carbocycles. The van der Waals surface area contributed by atoms with Crippen LogP contribution in [0.15, 0.2) is 55.0 Å². The minimum absolute atomic E-state index is 0.200. The van der Waals surface area contributed by atoms with Crippen molar-refractivity contribution in [3.63, 3.8) is 0 Å². The lowest BCUT2D eigenvalue weighted by Gasteiger charge is -2.35. The summed E-state index contributed by atoms with van der Waals surface area (Å²) in [6.45, 7) is 4.84. The monoisotopic (exact) mass is 397 g/mol. The molecule has 1 aromatic carbocycles. The van der Waals surface area contributed by atoms with E-state index in [2.05, 4.69) is 31.5 Å². The fourth-order valence-electron chi connectivity index (χ4n) is 3.62. The highest BCUT2D eigenvalue weighted by Crippen LogP contribution is 2.28. The maximum Gasteiger partial charge on any atom is 0.0710 e. The van der Waals surface area contributed by atoms with Gasteiger partial charge in [-0.15, -0.1) is 0 Å². The van der Waals surface area contributed by atoms with Crippen molar-refractivity contribution < 1.29 is 4.74 Å². The number of halogens is 1. The highest BCUT2D eigenvalue weighted by atomic mass is 35.5. The molecule has 1 fully saturated rings. The van der Waals surface area contributed by atoms with Crippen molar-refractivity contribution in [1.82, 2.24) is 25.4 Å². The van der Waals surface area contributed by atoms with Crippen LogP contribution in [-0.2, 0) is 11.3 Å². The Labute approximate surface area is 169 Å². The van der Waals surface area contributed by atoms with Gasteiger partial charge in [0.05, 0.1) is 25.1 Å². The van der Waals surface area contributed by atoms with Gasteiger partial charge in [0, 0.05) is 60.8 Å². The van der Waals surface area contributed by atoms with E-state index in [0.717, 1.165) is 60.3 Å². The number of rotatable bonds is 7. The van der Waals surface area contributed by atoms with E-state index < -0.39 is 0 Å².